The summed E-state index contributed by atoms with van der Waals surface area (Å²) in [5.41, 5.74) is 46.2. The number of fused-ring (bicyclic) bond motifs is 27. The molecule has 2 heteroatoms. The van der Waals surface area contributed by atoms with E-state index in [-0.39, 0.29) is 21.7 Å². The Morgan fingerprint density at radius 2 is 0.500 bits per heavy atom. The van der Waals surface area contributed by atoms with Crippen LogP contribution in [0.3, 0.4) is 0 Å². The van der Waals surface area contributed by atoms with E-state index in [2.05, 4.69) is 314 Å². The maximum Gasteiger partial charge on any atom is 0.144 e. The van der Waals surface area contributed by atoms with Gasteiger partial charge >= 0.3 is 0 Å². The molecule has 638 valence electrons. The summed E-state index contributed by atoms with van der Waals surface area (Å²) in [5, 5.41) is 4.72. The zero-order valence-electron chi connectivity index (χ0n) is 77.6. The van der Waals surface area contributed by atoms with Crippen molar-refractivity contribution in [2.45, 2.75) is 295 Å². The van der Waals surface area contributed by atoms with E-state index in [1.807, 2.05) is 0 Å². The molecule has 0 atom stereocenters. The highest BCUT2D eigenvalue weighted by Gasteiger charge is 2.51. The van der Waals surface area contributed by atoms with Gasteiger partial charge in [0.15, 0.2) is 0 Å². The van der Waals surface area contributed by atoms with Gasteiger partial charge in [-0.05, 0) is 253 Å². The van der Waals surface area contributed by atoms with Gasteiger partial charge in [0.2, 0.25) is 0 Å². The van der Waals surface area contributed by atoms with Crippen LogP contribution >= 0.6 is 0 Å². The number of hydrogen-bond donors (Lipinski definition) is 0. The minimum absolute atomic E-state index is 0.0249. The minimum Gasteiger partial charge on any atom is -0.455 e. The minimum atomic E-state index is -0.416. The van der Waals surface area contributed by atoms with Gasteiger partial charge in [0.1, 0.15) is 22.3 Å². The Bertz CT molecular complexity index is 6770. The number of unbranched alkanes of at least 4 members (excludes halogenated alkanes) is 20. The van der Waals surface area contributed by atoms with Crippen LogP contribution in [-0.2, 0) is 32.5 Å². The molecule has 0 amide bonds. The van der Waals surface area contributed by atoms with Gasteiger partial charge < -0.3 is 8.83 Å². The fourth-order valence-electron chi connectivity index (χ4n) is 26.0. The molecule has 6 aliphatic carbocycles. The van der Waals surface area contributed by atoms with Crippen LogP contribution in [-0.4, -0.2) is 0 Å². The average molecular weight is 1650 g/mol. The number of hydrogen-bond acceptors (Lipinski definition) is 2. The largest absolute Gasteiger partial charge is 0.455 e. The fraction of sp³-hybridized carbons (Fsp3) is 0.371. The molecule has 0 fully saturated rings. The first-order valence-corrected chi connectivity index (χ1v) is 49.6. The standard InChI is InChI=1S/C124H130O2/c1-13-17-21-25-29-41-67-123(68-42-30-26-22-18-14-2)99-49-37-33-45-85(99)91-61-55-81(73-105(91)123)79-53-59-87-89-63-57-83(75-103(89)119(5,6)101(87)71-79)97-77-108-113(118-111(97)93-47-35-39-51-109(93)126-118)96-66-65-95-112-107(121(9,10)115(95)116(96)122(108,11)12)78-98(117-114(112)94-48-36-40-52-110(94)125-117)84-58-64-90-88-60-54-80(72-102(88)120(7,8)104(90)76-84)82-56-62-92-86-46-34-38-50-100(86)124(106(92)74-82,69-43-31-27-23-19-15-3)70-44-32-28-24-20-16-4/h33-40,45-66,71-78H,13-32,41-44,67-70H2,1-12H3. The quantitative estimate of drug-likeness (QED) is 0.0393. The van der Waals surface area contributed by atoms with E-state index >= 15 is 0 Å². The van der Waals surface area contributed by atoms with Crippen molar-refractivity contribution in [1.29, 1.82) is 0 Å². The topological polar surface area (TPSA) is 26.3 Å². The van der Waals surface area contributed by atoms with E-state index in [9.17, 15) is 0 Å². The highest BCUT2D eigenvalue weighted by molar-refractivity contribution is 6.21. The van der Waals surface area contributed by atoms with Crippen molar-refractivity contribution in [2.75, 3.05) is 0 Å². The lowest BCUT2D eigenvalue weighted by Gasteiger charge is -2.33. The number of para-hydroxylation sites is 2. The van der Waals surface area contributed by atoms with E-state index in [0.717, 1.165) is 38.7 Å². The molecule has 0 N–H and O–H groups in total. The van der Waals surface area contributed by atoms with Gasteiger partial charge in [-0.1, -0.05) is 407 Å². The highest BCUT2D eigenvalue weighted by atomic mass is 16.3. The molecule has 6 aliphatic rings. The Hall–Kier alpha value is -10.5. The first kappa shape index (κ1) is 82.4. The molecule has 0 spiro atoms. The number of benzene rings is 13. The van der Waals surface area contributed by atoms with Crippen LogP contribution in [0.25, 0.3) is 155 Å². The van der Waals surface area contributed by atoms with Gasteiger partial charge in [-0.15, -0.1) is 0 Å². The van der Waals surface area contributed by atoms with Crippen molar-refractivity contribution < 1.29 is 8.83 Å². The van der Waals surface area contributed by atoms with Crippen molar-refractivity contribution in [3.05, 3.63) is 297 Å². The molecule has 15 aromatic rings. The van der Waals surface area contributed by atoms with Gasteiger partial charge in [0, 0.05) is 65.2 Å². The van der Waals surface area contributed by atoms with Gasteiger partial charge in [0.05, 0.1) is 0 Å². The van der Waals surface area contributed by atoms with E-state index in [1.54, 1.807) is 22.3 Å². The summed E-state index contributed by atoms with van der Waals surface area (Å²) in [5.74, 6) is 0. The molecule has 21 rings (SSSR count). The summed E-state index contributed by atoms with van der Waals surface area (Å²) >= 11 is 0. The molecule has 2 nitrogen and oxygen atoms in total. The zero-order chi connectivity index (χ0) is 86.2. The van der Waals surface area contributed by atoms with Gasteiger partial charge in [-0.3, -0.25) is 0 Å². The lowest BCUT2D eigenvalue weighted by atomic mass is 9.70. The van der Waals surface area contributed by atoms with Crippen molar-refractivity contribution >= 4 is 43.9 Å². The predicted molar refractivity (Wildman–Crippen MR) is 537 cm³/mol. The summed E-state index contributed by atoms with van der Waals surface area (Å²) < 4.78 is 14.8. The maximum atomic E-state index is 7.43. The second-order valence-electron chi connectivity index (χ2n) is 41.6. The third-order valence-corrected chi connectivity index (χ3v) is 32.6. The molecule has 0 saturated heterocycles. The average Bonchev–Trinajstić information content (AvgIpc) is 1.50. The first-order valence-electron chi connectivity index (χ1n) is 49.6. The third-order valence-electron chi connectivity index (χ3n) is 32.6. The van der Waals surface area contributed by atoms with Crippen LogP contribution in [0.4, 0.5) is 0 Å². The monoisotopic (exact) mass is 1650 g/mol. The first-order chi connectivity index (χ1) is 61.4. The third kappa shape index (κ3) is 13.0. The van der Waals surface area contributed by atoms with E-state index in [4.69, 9.17) is 8.83 Å². The van der Waals surface area contributed by atoms with Gasteiger partial charge in [-0.2, -0.15) is 0 Å². The Morgan fingerprint density at radius 3 is 0.921 bits per heavy atom. The smallest absolute Gasteiger partial charge is 0.144 e. The lowest BCUT2D eigenvalue weighted by Crippen LogP contribution is -2.25. The summed E-state index contributed by atoms with van der Waals surface area (Å²) in [4.78, 5) is 0. The Morgan fingerprint density at radius 1 is 0.206 bits per heavy atom. The second-order valence-corrected chi connectivity index (χ2v) is 41.6. The van der Waals surface area contributed by atoms with Crippen LogP contribution in [0.15, 0.2) is 239 Å². The Labute approximate surface area is 751 Å². The molecular weight excluding hydrogens is 1520 g/mol. The fourth-order valence-corrected chi connectivity index (χ4v) is 26.0. The van der Waals surface area contributed by atoms with Crippen molar-refractivity contribution in [2.24, 2.45) is 0 Å². The van der Waals surface area contributed by atoms with Crippen LogP contribution in [0, 0.1) is 0 Å². The predicted octanol–water partition coefficient (Wildman–Crippen LogP) is 36.9. The SMILES string of the molecule is CCCCCCCCC1(CCCCCCCC)c2ccccc2-c2ccc(-c3ccc4c(c3)C(C)(C)c3cc(-c5cc6c(c7c5oc5ccccc57)-c5ccc7c(c5C6(C)C)C(C)(C)c5cc(-c6ccc8c(c6)C(C)(C)c6cc(-c9ccc%10c(c9)C(CCCCCCCC)(CCCCCCCC)c9ccccc9-%10)ccc6-8)c6c(oc8ccccc86)c5-7)ccc3-4)cc21. The van der Waals surface area contributed by atoms with E-state index < -0.39 is 10.8 Å². The Balaban J connectivity index is 0.616. The molecule has 2 heterocycles. The summed E-state index contributed by atoms with van der Waals surface area (Å²) in [7, 11) is 0. The normalized spacial score (nSPS) is 15.8. The van der Waals surface area contributed by atoms with Gasteiger partial charge in [-0.25, -0.2) is 0 Å². The van der Waals surface area contributed by atoms with Crippen LogP contribution in [0.5, 0.6) is 0 Å². The second kappa shape index (κ2) is 32.3. The van der Waals surface area contributed by atoms with Crippen molar-refractivity contribution in [1.82, 2.24) is 0 Å². The van der Waals surface area contributed by atoms with Gasteiger partial charge in [0.25, 0.3) is 0 Å². The van der Waals surface area contributed by atoms with E-state index in [1.165, 1.54) is 341 Å². The molecule has 2 aromatic heterocycles. The number of rotatable bonds is 32. The molecule has 0 unspecified atom stereocenters. The zero-order valence-corrected chi connectivity index (χ0v) is 77.6. The maximum absolute atomic E-state index is 7.43. The lowest BCUT2D eigenvalue weighted by molar-refractivity contribution is 0.398. The van der Waals surface area contributed by atoms with E-state index in [0.29, 0.717) is 0 Å². The summed E-state index contributed by atoms with van der Waals surface area (Å²) in [6, 6.07) is 91.7. The molecule has 0 saturated carbocycles. The molecule has 0 bridgehead atoms. The number of furan rings is 2. The van der Waals surface area contributed by atoms with Crippen molar-refractivity contribution in [3.63, 3.8) is 0 Å². The molecule has 126 heavy (non-hydrogen) atoms. The van der Waals surface area contributed by atoms with Crippen molar-refractivity contribution in [3.8, 4) is 111 Å². The van der Waals surface area contributed by atoms with Crippen LogP contribution < -0.4 is 0 Å². The molecular formula is C124H130O2. The van der Waals surface area contributed by atoms with Crippen LogP contribution in [0.2, 0.25) is 0 Å². The highest BCUT2D eigenvalue weighted by Crippen LogP contribution is 2.66. The van der Waals surface area contributed by atoms with Crippen LogP contribution in [0.1, 0.15) is 330 Å². The molecule has 0 aliphatic heterocycles. The Kier molecular flexibility index (Phi) is 21.2. The molecule has 0 radical (unpaired) electrons. The summed E-state index contributed by atoms with van der Waals surface area (Å²) in [6.07, 6.45) is 36.5. The summed E-state index contributed by atoms with van der Waals surface area (Å²) in [6.45, 7) is 29.3. The molecule has 13 aromatic carbocycles.